The monoisotopic (exact) mass is 331 g/mol. The molecular formula is C20H29NO3. The van der Waals surface area contributed by atoms with Gasteiger partial charge in [-0.2, -0.15) is 0 Å². The molecule has 0 spiro atoms. The van der Waals surface area contributed by atoms with Crippen molar-refractivity contribution in [3.05, 3.63) is 42.0 Å². The smallest absolute Gasteiger partial charge is 0.303 e. The van der Waals surface area contributed by atoms with E-state index in [-0.39, 0.29) is 12.3 Å². The van der Waals surface area contributed by atoms with Crippen LogP contribution in [0.4, 0.5) is 0 Å². The van der Waals surface area contributed by atoms with Crippen molar-refractivity contribution >= 4 is 17.4 Å². The highest BCUT2D eigenvalue weighted by Gasteiger charge is 2.10. The number of hydrogen-bond acceptors (Lipinski definition) is 2. The molecule has 132 valence electrons. The predicted molar refractivity (Wildman–Crippen MR) is 98.1 cm³/mol. The molecule has 0 saturated heterocycles. The van der Waals surface area contributed by atoms with Crippen LogP contribution >= 0.6 is 0 Å². The molecule has 0 heterocycles. The van der Waals surface area contributed by atoms with Crippen LogP contribution in [0.25, 0.3) is 5.57 Å². The minimum Gasteiger partial charge on any atom is -0.481 e. The zero-order chi connectivity index (χ0) is 17.8. The van der Waals surface area contributed by atoms with Gasteiger partial charge in [0.15, 0.2) is 0 Å². The third-order valence-electron chi connectivity index (χ3n) is 3.98. The number of aliphatic carboxylic acids is 1. The van der Waals surface area contributed by atoms with E-state index in [1.807, 2.05) is 31.2 Å². The summed E-state index contributed by atoms with van der Waals surface area (Å²) in [5.41, 5.74) is 2.48. The van der Waals surface area contributed by atoms with Gasteiger partial charge in [-0.05, 0) is 31.4 Å². The van der Waals surface area contributed by atoms with E-state index in [4.69, 9.17) is 5.11 Å². The number of carboxylic acids is 1. The van der Waals surface area contributed by atoms with Gasteiger partial charge in [-0.1, -0.05) is 62.5 Å². The molecule has 0 aliphatic rings. The highest BCUT2D eigenvalue weighted by atomic mass is 16.4. The molecule has 0 saturated carbocycles. The lowest BCUT2D eigenvalue weighted by molar-refractivity contribution is -0.137. The summed E-state index contributed by atoms with van der Waals surface area (Å²) >= 11 is 0. The minimum atomic E-state index is -0.709. The van der Waals surface area contributed by atoms with Crippen LogP contribution in [0.15, 0.2) is 30.8 Å². The molecule has 0 unspecified atom stereocenters. The quantitative estimate of drug-likeness (QED) is 0.548. The molecular weight excluding hydrogens is 302 g/mol. The fraction of sp³-hybridized carbons (Fsp3) is 0.500. The molecule has 0 aliphatic heterocycles. The van der Waals surface area contributed by atoms with Gasteiger partial charge in [-0.25, -0.2) is 0 Å². The summed E-state index contributed by atoms with van der Waals surface area (Å²) in [6.07, 6.45) is 7.44. The second-order valence-corrected chi connectivity index (χ2v) is 6.20. The predicted octanol–water partition coefficient (Wildman–Crippen LogP) is 4.65. The topological polar surface area (TPSA) is 66.4 Å². The molecule has 0 aliphatic carbocycles. The highest BCUT2D eigenvalue weighted by molar-refractivity contribution is 5.98. The Morgan fingerprint density at radius 3 is 2.08 bits per heavy atom. The van der Waals surface area contributed by atoms with Crippen LogP contribution in [0.1, 0.15) is 74.2 Å². The lowest BCUT2D eigenvalue weighted by Gasteiger charge is -2.10. The van der Waals surface area contributed by atoms with Crippen LogP contribution in [0.2, 0.25) is 0 Å². The van der Waals surface area contributed by atoms with Crippen LogP contribution in [-0.2, 0) is 4.79 Å². The van der Waals surface area contributed by atoms with Crippen LogP contribution < -0.4 is 5.32 Å². The van der Waals surface area contributed by atoms with Gasteiger partial charge in [0.1, 0.15) is 0 Å². The molecule has 4 nitrogen and oxygen atoms in total. The van der Waals surface area contributed by atoms with Crippen LogP contribution in [0.5, 0.6) is 0 Å². The Morgan fingerprint density at radius 2 is 1.50 bits per heavy atom. The summed E-state index contributed by atoms with van der Waals surface area (Å²) in [6, 6.07) is 7.53. The van der Waals surface area contributed by atoms with Crippen molar-refractivity contribution < 1.29 is 14.7 Å². The Balaban J connectivity index is 2.12. The number of amides is 1. The summed E-state index contributed by atoms with van der Waals surface area (Å²) < 4.78 is 0. The van der Waals surface area contributed by atoms with Gasteiger partial charge in [0.2, 0.25) is 0 Å². The fourth-order valence-corrected chi connectivity index (χ4v) is 2.64. The molecule has 0 atom stereocenters. The third kappa shape index (κ3) is 7.95. The van der Waals surface area contributed by atoms with Crippen molar-refractivity contribution in [3.8, 4) is 0 Å². The first-order valence-electron chi connectivity index (χ1n) is 8.77. The zero-order valence-corrected chi connectivity index (χ0v) is 14.6. The Kier molecular flexibility index (Phi) is 9.51. The van der Waals surface area contributed by atoms with E-state index in [0.29, 0.717) is 12.1 Å². The summed E-state index contributed by atoms with van der Waals surface area (Å²) in [7, 11) is 0. The Labute approximate surface area is 145 Å². The maximum atomic E-state index is 12.2. The van der Waals surface area contributed by atoms with E-state index in [1.165, 1.54) is 0 Å². The fourth-order valence-electron chi connectivity index (χ4n) is 2.64. The van der Waals surface area contributed by atoms with Gasteiger partial charge in [-0.3, -0.25) is 9.59 Å². The molecule has 0 radical (unpaired) electrons. The number of allylic oxidation sites excluding steroid dienone is 1. The van der Waals surface area contributed by atoms with Crippen LogP contribution in [0.3, 0.4) is 0 Å². The summed E-state index contributed by atoms with van der Waals surface area (Å²) in [6.45, 7) is 6.51. The maximum absolute atomic E-state index is 12.2. The van der Waals surface area contributed by atoms with Crippen LogP contribution in [-0.4, -0.2) is 23.5 Å². The van der Waals surface area contributed by atoms with E-state index in [9.17, 15) is 9.59 Å². The highest BCUT2D eigenvalue weighted by Crippen LogP contribution is 2.17. The SMILES string of the molecule is C=C(C)c1ccccc1C(=O)NCCCCCCCCCC(=O)O. The van der Waals surface area contributed by atoms with Gasteiger partial charge in [0.25, 0.3) is 5.91 Å². The largest absolute Gasteiger partial charge is 0.481 e. The maximum Gasteiger partial charge on any atom is 0.303 e. The lowest BCUT2D eigenvalue weighted by Crippen LogP contribution is -2.25. The van der Waals surface area contributed by atoms with Crippen molar-refractivity contribution in [2.24, 2.45) is 0 Å². The molecule has 0 bridgehead atoms. The number of rotatable bonds is 12. The molecule has 0 fully saturated rings. The van der Waals surface area contributed by atoms with Gasteiger partial charge in [0.05, 0.1) is 0 Å². The Morgan fingerprint density at radius 1 is 0.958 bits per heavy atom. The molecule has 1 rings (SSSR count). The average Bonchev–Trinajstić information content (AvgIpc) is 2.56. The van der Waals surface area contributed by atoms with Gasteiger partial charge < -0.3 is 10.4 Å². The molecule has 1 aromatic carbocycles. The number of carboxylic acid groups (broad SMARTS) is 1. The number of carbonyl (C=O) groups is 2. The first-order valence-corrected chi connectivity index (χ1v) is 8.77. The zero-order valence-electron chi connectivity index (χ0n) is 14.6. The van der Waals surface area contributed by atoms with E-state index >= 15 is 0 Å². The van der Waals surface area contributed by atoms with Crippen molar-refractivity contribution in [1.82, 2.24) is 5.32 Å². The third-order valence-corrected chi connectivity index (χ3v) is 3.98. The standard InChI is InChI=1S/C20H29NO3/c1-16(2)17-12-9-10-13-18(17)20(24)21-15-11-7-5-3-4-6-8-14-19(22)23/h9-10,12-13H,1,3-8,11,14-15H2,2H3,(H,21,24)(H,22,23). The molecule has 4 heteroatoms. The first kappa shape index (κ1) is 19.9. The number of hydrogen-bond donors (Lipinski definition) is 2. The molecule has 0 aromatic heterocycles. The van der Waals surface area contributed by atoms with Crippen LogP contribution in [0, 0.1) is 0 Å². The Bertz CT molecular complexity index is 552. The van der Waals surface area contributed by atoms with Gasteiger partial charge in [-0.15, -0.1) is 0 Å². The molecule has 1 amide bonds. The van der Waals surface area contributed by atoms with Crippen molar-refractivity contribution in [2.45, 2.75) is 58.3 Å². The first-order chi connectivity index (χ1) is 11.5. The number of benzene rings is 1. The van der Waals surface area contributed by atoms with E-state index < -0.39 is 5.97 Å². The van der Waals surface area contributed by atoms with Gasteiger partial charge in [0, 0.05) is 18.5 Å². The number of nitrogens with one attached hydrogen (secondary N) is 1. The van der Waals surface area contributed by atoms with E-state index in [0.717, 1.165) is 56.1 Å². The van der Waals surface area contributed by atoms with E-state index in [2.05, 4.69) is 11.9 Å². The van der Waals surface area contributed by atoms with E-state index in [1.54, 1.807) is 0 Å². The molecule has 2 N–H and O–H groups in total. The molecule has 24 heavy (non-hydrogen) atoms. The van der Waals surface area contributed by atoms with Gasteiger partial charge >= 0.3 is 5.97 Å². The normalized spacial score (nSPS) is 10.4. The minimum absolute atomic E-state index is 0.0396. The van der Waals surface area contributed by atoms with Crippen molar-refractivity contribution in [1.29, 1.82) is 0 Å². The van der Waals surface area contributed by atoms with Crippen molar-refractivity contribution in [3.63, 3.8) is 0 Å². The lowest BCUT2D eigenvalue weighted by atomic mass is 10.0. The summed E-state index contributed by atoms with van der Waals surface area (Å²) in [4.78, 5) is 22.6. The van der Waals surface area contributed by atoms with Crippen molar-refractivity contribution in [2.75, 3.05) is 6.54 Å². The molecule has 1 aromatic rings. The number of unbranched alkanes of at least 4 members (excludes halogenated alkanes) is 6. The second-order valence-electron chi connectivity index (χ2n) is 6.20. The second kappa shape index (κ2) is 11.4. The Hall–Kier alpha value is -2.10. The summed E-state index contributed by atoms with van der Waals surface area (Å²) in [5.74, 6) is -0.749. The summed E-state index contributed by atoms with van der Waals surface area (Å²) in [5, 5.41) is 11.5. The average molecular weight is 331 g/mol. The number of carbonyl (C=O) groups excluding carboxylic acids is 1.